The van der Waals surface area contributed by atoms with E-state index in [4.69, 9.17) is 0 Å². The van der Waals surface area contributed by atoms with E-state index >= 15 is 14.4 Å². The Balaban J connectivity index is 1.30. The lowest BCUT2D eigenvalue weighted by atomic mass is 9.59. The standard InChI is InChI=1S/C45H31N3O3/c49-41-39-40(42(50)48(41)36-28-26-35(27-29-36)47-46-34-24-14-5-15-25-34)45(33-22-12-4-13-23-33)38(31-18-8-2-9-19-31)37(30-16-6-1-7-17-30)44(39,43(45)51)32-20-10-3-11-21-32/h1-29,39-40H/t39-,40-,44-,45-/m0/s1. The van der Waals surface area contributed by atoms with Gasteiger partial charge in [0.25, 0.3) is 0 Å². The lowest BCUT2D eigenvalue weighted by Crippen LogP contribution is -2.45. The second-order valence-corrected chi connectivity index (χ2v) is 13.2. The Hall–Kier alpha value is -6.53. The van der Waals surface area contributed by atoms with Crippen molar-refractivity contribution in [2.75, 3.05) is 4.90 Å². The van der Waals surface area contributed by atoms with Gasteiger partial charge in [-0.3, -0.25) is 14.4 Å². The van der Waals surface area contributed by atoms with Gasteiger partial charge < -0.3 is 0 Å². The van der Waals surface area contributed by atoms with Crippen LogP contribution in [0.4, 0.5) is 17.1 Å². The summed E-state index contributed by atoms with van der Waals surface area (Å²) in [7, 11) is 0. The molecule has 1 saturated heterocycles. The normalized spacial score (nSPS) is 23.8. The number of anilines is 1. The molecule has 0 radical (unpaired) electrons. The van der Waals surface area contributed by atoms with Crippen molar-refractivity contribution in [3.63, 3.8) is 0 Å². The average Bonchev–Trinajstić information content (AvgIpc) is 3.71. The maximum atomic E-state index is 16.0. The molecule has 9 rings (SSSR count). The maximum absolute atomic E-state index is 16.0. The number of benzene rings is 6. The van der Waals surface area contributed by atoms with E-state index in [2.05, 4.69) is 10.2 Å². The molecule has 0 spiro atoms. The Labute approximate surface area is 295 Å². The third kappa shape index (κ3) is 4.26. The van der Waals surface area contributed by atoms with E-state index in [0.717, 1.165) is 22.3 Å². The van der Waals surface area contributed by atoms with Gasteiger partial charge in [0.1, 0.15) is 0 Å². The predicted molar refractivity (Wildman–Crippen MR) is 197 cm³/mol. The number of azo groups is 1. The summed E-state index contributed by atoms with van der Waals surface area (Å²) < 4.78 is 0. The Morgan fingerprint density at radius 2 is 0.765 bits per heavy atom. The fourth-order valence-electron chi connectivity index (χ4n) is 8.87. The molecule has 2 amide bonds. The number of amides is 2. The molecular weight excluding hydrogens is 631 g/mol. The monoisotopic (exact) mass is 661 g/mol. The summed E-state index contributed by atoms with van der Waals surface area (Å²) in [4.78, 5) is 47.6. The minimum Gasteiger partial charge on any atom is -0.297 e. The van der Waals surface area contributed by atoms with E-state index < -0.39 is 22.7 Å². The zero-order valence-corrected chi connectivity index (χ0v) is 27.5. The topological polar surface area (TPSA) is 79.2 Å². The summed E-state index contributed by atoms with van der Waals surface area (Å²) in [5, 5.41) is 8.67. The van der Waals surface area contributed by atoms with Crippen molar-refractivity contribution in [1.29, 1.82) is 0 Å². The van der Waals surface area contributed by atoms with E-state index in [-0.39, 0.29) is 17.6 Å². The van der Waals surface area contributed by atoms with Crippen LogP contribution in [0.25, 0.3) is 11.1 Å². The molecule has 4 atom stereocenters. The van der Waals surface area contributed by atoms with E-state index in [1.54, 1.807) is 24.3 Å². The van der Waals surface area contributed by atoms with Gasteiger partial charge in [0.15, 0.2) is 5.78 Å². The Morgan fingerprint density at radius 3 is 1.18 bits per heavy atom. The second-order valence-electron chi connectivity index (χ2n) is 13.2. The van der Waals surface area contributed by atoms with Crippen LogP contribution in [-0.4, -0.2) is 17.6 Å². The number of Topliss-reactive ketones (excluding diaryl/α,β-unsaturated/α-hetero) is 1. The highest BCUT2D eigenvalue weighted by Crippen LogP contribution is 2.74. The minimum absolute atomic E-state index is 0.141. The van der Waals surface area contributed by atoms with Crippen molar-refractivity contribution < 1.29 is 14.4 Å². The zero-order chi connectivity index (χ0) is 34.6. The van der Waals surface area contributed by atoms with E-state index in [1.807, 2.05) is 152 Å². The van der Waals surface area contributed by atoms with Crippen LogP contribution in [0.1, 0.15) is 22.3 Å². The summed E-state index contributed by atoms with van der Waals surface area (Å²) in [6.07, 6.45) is 0. The van der Waals surface area contributed by atoms with Gasteiger partial charge in [-0.25, -0.2) is 4.90 Å². The molecular formula is C45H31N3O3. The number of ketones is 1. The summed E-state index contributed by atoms with van der Waals surface area (Å²) in [5.74, 6) is -2.89. The first-order valence-corrected chi connectivity index (χ1v) is 17.0. The molecule has 2 fully saturated rings. The number of carbonyl (C=O) groups is 3. The highest BCUT2D eigenvalue weighted by molar-refractivity contribution is 6.39. The number of hydrogen-bond acceptors (Lipinski definition) is 5. The number of nitrogens with zero attached hydrogens (tertiary/aromatic N) is 3. The van der Waals surface area contributed by atoms with Gasteiger partial charge in [-0.05, 0) is 69.8 Å². The molecule has 1 aliphatic heterocycles. The van der Waals surface area contributed by atoms with Crippen molar-refractivity contribution >= 4 is 45.8 Å². The van der Waals surface area contributed by atoms with Crippen LogP contribution in [0.2, 0.25) is 0 Å². The largest absolute Gasteiger partial charge is 0.297 e. The molecule has 51 heavy (non-hydrogen) atoms. The van der Waals surface area contributed by atoms with Crippen LogP contribution >= 0.6 is 0 Å². The number of imide groups is 1. The number of carbonyl (C=O) groups excluding carboxylic acids is 3. The molecule has 2 aliphatic carbocycles. The molecule has 6 aromatic carbocycles. The SMILES string of the molecule is O=C1[C@@H]2[C@@H](C(=O)N1c1ccc(N=Nc3ccccc3)cc1)[C@@]1(c3ccccc3)C(=O)[C@@]2(c2ccccc2)C(c2ccccc2)=C1c1ccccc1. The molecule has 1 saturated carbocycles. The number of fused-ring (bicyclic) bond motifs is 5. The first-order chi connectivity index (χ1) is 25.1. The first-order valence-electron chi connectivity index (χ1n) is 17.0. The quantitative estimate of drug-likeness (QED) is 0.126. The molecule has 0 N–H and O–H groups in total. The van der Waals surface area contributed by atoms with Crippen LogP contribution in [0.15, 0.2) is 186 Å². The number of rotatable bonds is 7. The van der Waals surface area contributed by atoms with Gasteiger partial charge in [-0.15, -0.1) is 0 Å². The van der Waals surface area contributed by atoms with E-state index in [1.165, 1.54) is 4.90 Å². The Morgan fingerprint density at radius 1 is 0.412 bits per heavy atom. The second kappa shape index (κ2) is 11.8. The minimum atomic E-state index is -1.44. The third-order valence-corrected chi connectivity index (χ3v) is 10.7. The molecule has 6 aromatic rings. The van der Waals surface area contributed by atoms with Crippen LogP contribution in [0.3, 0.4) is 0 Å². The predicted octanol–water partition coefficient (Wildman–Crippen LogP) is 9.29. The fraction of sp³-hybridized carbons (Fsp3) is 0.0889. The van der Waals surface area contributed by atoms with Crippen LogP contribution < -0.4 is 4.90 Å². The molecule has 6 nitrogen and oxygen atoms in total. The summed E-state index contributed by atoms with van der Waals surface area (Å²) in [5.41, 5.74) is 3.47. The molecule has 6 heteroatoms. The molecule has 3 aliphatic rings. The summed E-state index contributed by atoms with van der Waals surface area (Å²) in [6, 6.07) is 55.3. The lowest BCUT2D eigenvalue weighted by molar-refractivity contribution is -0.130. The highest BCUT2D eigenvalue weighted by atomic mass is 16.2. The highest BCUT2D eigenvalue weighted by Gasteiger charge is 2.82. The molecule has 0 unspecified atom stereocenters. The lowest BCUT2D eigenvalue weighted by Gasteiger charge is -2.39. The van der Waals surface area contributed by atoms with Crippen molar-refractivity contribution in [2.24, 2.45) is 22.1 Å². The van der Waals surface area contributed by atoms with Crippen LogP contribution in [0.5, 0.6) is 0 Å². The van der Waals surface area contributed by atoms with Crippen LogP contribution in [-0.2, 0) is 25.2 Å². The van der Waals surface area contributed by atoms with Gasteiger partial charge >= 0.3 is 0 Å². The van der Waals surface area contributed by atoms with Gasteiger partial charge in [0.05, 0.1) is 39.7 Å². The molecule has 0 aromatic heterocycles. The van der Waals surface area contributed by atoms with Gasteiger partial charge in [0.2, 0.25) is 11.8 Å². The Kier molecular flexibility index (Phi) is 7.07. The first kappa shape index (κ1) is 30.5. The third-order valence-electron chi connectivity index (χ3n) is 10.7. The van der Waals surface area contributed by atoms with Gasteiger partial charge in [-0.2, -0.15) is 10.2 Å². The molecule has 1 heterocycles. The molecule has 2 bridgehead atoms. The van der Waals surface area contributed by atoms with Gasteiger partial charge in [0, 0.05) is 0 Å². The Bertz CT molecular complexity index is 2240. The average molecular weight is 662 g/mol. The summed E-state index contributed by atoms with van der Waals surface area (Å²) >= 11 is 0. The maximum Gasteiger partial charge on any atom is 0.239 e. The van der Waals surface area contributed by atoms with Gasteiger partial charge in [-0.1, -0.05) is 140 Å². The van der Waals surface area contributed by atoms with Crippen molar-refractivity contribution in [3.05, 3.63) is 198 Å². The number of allylic oxidation sites excluding steroid dienone is 2. The van der Waals surface area contributed by atoms with Crippen molar-refractivity contribution in [2.45, 2.75) is 10.8 Å². The van der Waals surface area contributed by atoms with Crippen molar-refractivity contribution in [1.82, 2.24) is 0 Å². The van der Waals surface area contributed by atoms with E-state index in [0.29, 0.717) is 28.2 Å². The van der Waals surface area contributed by atoms with Crippen molar-refractivity contribution in [3.8, 4) is 0 Å². The van der Waals surface area contributed by atoms with Crippen LogP contribution in [0, 0.1) is 11.8 Å². The number of hydrogen-bond donors (Lipinski definition) is 0. The smallest absolute Gasteiger partial charge is 0.239 e. The van der Waals surface area contributed by atoms with E-state index in [9.17, 15) is 0 Å². The summed E-state index contributed by atoms with van der Waals surface area (Å²) in [6.45, 7) is 0. The molecule has 244 valence electrons. The zero-order valence-electron chi connectivity index (χ0n) is 27.5. The fourth-order valence-corrected chi connectivity index (χ4v) is 8.87.